The molecule has 2 aromatic carbocycles. The van der Waals surface area contributed by atoms with E-state index in [1.54, 1.807) is 25.1 Å². The highest BCUT2D eigenvalue weighted by Crippen LogP contribution is 2.53. The molecule has 13 nitrogen and oxygen atoms in total. The van der Waals surface area contributed by atoms with E-state index in [0.29, 0.717) is 11.4 Å². The number of halogens is 3. The molecule has 0 bridgehead atoms. The first kappa shape index (κ1) is 44.9. The number of phosphoric ester groups is 1. The third kappa shape index (κ3) is 19.7. The maximum atomic E-state index is 12.6. The van der Waals surface area contributed by atoms with E-state index in [1.165, 1.54) is 49.6 Å². The van der Waals surface area contributed by atoms with Crippen LogP contribution in [0.25, 0.3) is 0 Å². The number of aryl methyl sites for hydroxylation is 1. The molecule has 3 N–H and O–H groups in total. The van der Waals surface area contributed by atoms with Crippen LogP contribution in [0.5, 0.6) is 17.2 Å². The number of aromatic hydroxyl groups is 1. The molecule has 0 unspecified atom stereocenters. The molecule has 0 saturated carbocycles. The van der Waals surface area contributed by atoms with Crippen molar-refractivity contribution in [2.24, 2.45) is 0 Å². The van der Waals surface area contributed by atoms with E-state index in [1.807, 2.05) is 0 Å². The molecule has 0 aliphatic rings. The molecule has 0 aromatic heterocycles. The van der Waals surface area contributed by atoms with Crippen molar-refractivity contribution < 1.29 is 51.2 Å². The zero-order chi connectivity index (χ0) is 36.6. The Morgan fingerprint density at radius 1 is 0.771 bits per heavy atom. The molecule has 0 aliphatic heterocycles. The van der Waals surface area contributed by atoms with Crippen LogP contribution in [-0.2, 0) is 36.8 Å². The number of amides is 2. The molecule has 48 heavy (non-hydrogen) atoms. The molecular formula is C30H39Cl3N2O11P2. The van der Waals surface area contributed by atoms with E-state index in [-0.39, 0.29) is 61.3 Å². The molecule has 18 heteroatoms. The van der Waals surface area contributed by atoms with Crippen LogP contribution < -0.4 is 19.9 Å². The third-order valence-corrected chi connectivity index (χ3v) is 8.12. The Balaban J connectivity index is 0.000000772. The molecule has 0 spiro atoms. The SMILES string of the molecule is C=CCOP(=O)(Cl)OCC=C.C=CCOP(=O)(OCC=C)Oc1cc(NC(=O)CCl)ccc1OC.Cc1ccc(NC(=O)CCl)cc1O. The second-order valence-electron chi connectivity index (χ2n) is 8.54. The van der Waals surface area contributed by atoms with Crippen LogP contribution in [0, 0.1) is 6.92 Å². The van der Waals surface area contributed by atoms with Gasteiger partial charge in [-0.15, -0.1) is 49.5 Å². The number of benzene rings is 2. The van der Waals surface area contributed by atoms with Gasteiger partial charge in [0.15, 0.2) is 11.5 Å². The van der Waals surface area contributed by atoms with Crippen LogP contribution in [0.2, 0.25) is 0 Å². The lowest BCUT2D eigenvalue weighted by molar-refractivity contribution is -0.114. The van der Waals surface area contributed by atoms with Crippen molar-refractivity contribution in [1.29, 1.82) is 0 Å². The predicted molar refractivity (Wildman–Crippen MR) is 191 cm³/mol. The number of alkyl halides is 2. The number of methoxy groups -OCH3 is 1. The monoisotopic (exact) mass is 770 g/mol. The van der Waals surface area contributed by atoms with Crippen molar-refractivity contribution in [3.05, 3.63) is 92.6 Å². The Labute approximate surface area is 295 Å². The summed E-state index contributed by atoms with van der Waals surface area (Å²) in [6.07, 6.45) is 5.68. The van der Waals surface area contributed by atoms with Crippen LogP contribution in [0.1, 0.15) is 5.56 Å². The van der Waals surface area contributed by atoms with Gasteiger partial charge in [-0.25, -0.2) is 9.13 Å². The Kier molecular flexibility index (Phi) is 23.4. The summed E-state index contributed by atoms with van der Waals surface area (Å²) < 4.78 is 53.6. The minimum Gasteiger partial charge on any atom is -0.508 e. The number of ether oxygens (including phenoxy) is 1. The summed E-state index contributed by atoms with van der Waals surface area (Å²) >= 11 is 16.1. The van der Waals surface area contributed by atoms with Gasteiger partial charge in [-0.1, -0.05) is 30.4 Å². The Morgan fingerprint density at radius 2 is 1.21 bits per heavy atom. The maximum Gasteiger partial charge on any atom is 0.530 e. The summed E-state index contributed by atoms with van der Waals surface area (Å²) in [7, 11) is -2.52. The number of rotatable bonds is 19. The lowest BCUT2D eigenvalue weighted by atomic mass is 10.2. The van der Waals surface area contributed by atoms with E-state index < -0.39 is 20.7 Å². The molecule has 266 valence electrons. The average Bonchev–Trinajstić information content (AvgIpc) is 3.07. The lowest BCUT2D eigenvalue weighted by Crippen LogP contribution is -2.12. The van der Waals surface area contributed by atoms with E-state index in [0.717, 1.165) is 5.56 Å². The highest BCUT2D eigenvalue weighted by molar-refractivity contribution is 7.81. The molecule has 2 rings (SSSR count). The van der Waals surface area contributed by atoms with Crippen LogP contribution >= 0.6 is 49.2 Å². The quantitative estimate of drug-likeness (QED) is 0.0713. The number of phenolic OH excluding ortho intramolecular Hbond substituents is 1. The molecule has 0 heterocycles. The Bertz CT molecular complexity index is 1430. The standard InChI is InChI=1S/C15H19ClNO6P.C9H10ClNO2.C6H10ClO3P/c1-4-8-21-24(19,22-9-5-2)23-14-10-12(17-15(18)11-16)6-7-13(14)20-3;1-6-2-3-7(4-8(6)12)11-9(13)5-10;1-3-5-9-11(7,8)10-6-4-2/h4-7,10H,1-2,8-9,11H2,3H3,(H,17,18);2-4,12H,5H2,1H3,(H,11,13);3-4H,1-2,5-6H2. The van der Waals surface area contributed by atoms with Gasteiger partial charge in [0.25, 0.3) is 0 Å². The van der Waals surface area contributed by atoms with E-state index in [4.69, 9.17) is 52.8 Å². The second-order valence-corrected chi connectivity index (χ2v) is 13.3. The van der Waals surface area contributed by atoms with E-state index in [2.05, 4.69) is 46.0 Å². The van der Waals surface area contributed by atoms with Crippen molar-refractivity contribution >= 4 is 72.4 Å². The highest BCUT2D eigenvalue weighted by Gasteiger charge is 2.29. The number of phenols is 1. The maximum absolute atomic E-state index is 12.6. The number of phosphoric acid groups is 1. The Hall–Kier alpha value is -3.09. The first-order chi connectivity index (χ1) is 22.7. The molecule has 0 aliphatic carbocycles. The van der Waals surface area contributed by atoms with E-state index in [9.17, 15) is 23.8 Å². The van der Waals surface area contributed by atoms with Crippen LogP contribution in [-0.4, -0.2) is 62.2 Å². The number of carbonyl (C=O) groups excluding carboxylic acids is 2. The summed E-state index contributed by atoms with van der Waals surface area (Å²) in [5.74, 6) is -0.468. The van der Waals surface area contributed by atoms with Crippen molar-refractivity contribution in [1.82, 2.24) is 0 Å². The fraction of sp³-hybridized carbons (Fsp3) is 0.267. The molecule has 0 fully saturated rings. The minimum absolute atomic E-state index is 0.0423. The zero-order valence-corrected chi connectivity index (χ0v) is 30.5. The summed E-state index contributed by atoms with van der Waals surface area (Å²) in [5.41, 5.74) is 1.70. The second kappa shape index (κ2) is 25.0. The molecule has 0 saturated heterocycles. The molecule has 0 radical (unpaired) electrons. The van der Waals surface area contributed by atoms with Gasteiger partial charge in [0, 0.05) is 34.7 Å². The van der Waals surface area contributed by atoms with Gasteiger partial charge in [0.2, 0.25) is 11.8 Å². The number of carbonyl (C=O) groups is 2. The van der Waals surface area contributed by atoms with E-state index >= 15 is 0 Å². The van der Waals surface area contributed by atoms with Gasteiger partial charge in [0.05, 0.1) is 33.5 Å². The minimum atomic E-state index is -3.94. The largest absolute Gasteiger partial charge is 0.530 e. The van der Waals surface area contributed by atoms with Gasteiger partial charge >= 0.3 is 14.8 Å². The van der Waals surface area contributed by atoms with Gasteiger partial charge in [-0.2, -0.15) is 0 Å². The van der Waals surface area contributed by atoms with Crippen molar-refractivity contribution in [2.45, 2.75) is 6.92 Å². The summed E-state index contributed by atoms with van der Waals surface area (Å²) in [6.45, 7) is 12.2. The summed E-state index contributed by atoms with van der Waals surface area (Å²) in [4.78, 5) is 22.2. The zero-order valence-electron chi connectivity index (χ0n) is 26.4. The highest BCUT2D eigenvalue weighted by atomic mass is 35.7. The fourth-order valence-electron chi connectivity index (χ4n) is 2.72. The normalized spacial score (nSPS) is 10.5. The van der Waals surface area contributed by atoms with Gasteiger partial charge in [-0.05, 0) is 30.7 Å². The first-order valence-electron chi connectivity index (χ1n) is 13.5. The number of hydrogen-bond acceptors (Lipinski definition) is 11. The van der Waals surface area contributed by atoms with Gasteiger partial charge in [-0.3, -0.25) is 27.7 Å². The first-order valence-corrected chi connectivity index (χ1v) is 18.5. The molecular weight excluding hydrogens is 733 g/mol. The summed E-state index contributed by atoms with van der Waals surface area (Å²) in [5, 5.41) is 14.4. The topological polar surface area (TPSA) is 168 Å². The van der Waals surface area contributed by atoms with Crippen LogP contribution in [0.3, 0.4) is 0 Å². The third-order valence-electron chi connectivity index (χ3n) is 4.79. The lowest BCUT2D eigenvalue weighted by Gasteiger charge is -2.19. The fourth-order valence-corrected chi connectivity index (χ4v) is 4.97. The van der Waals surface area contributed by atoms with Crippen molar-refractivity contribution in [3.8, 4) is 17.2 Å². The van der Waals surface area contributed by atoms with Crippen molar-refractivity contribution in [2.75, 3.05) is 55.9 Å². The van der Waals surface area contributed by atoms with Gasteiger partial charge < -0.3 is 25.0 Å². The van der Waals surface area contributed by atoms with Gasteiger partial charge in [0.1, 0.15) is 17.5 Å². The summed E-state index contributed by atoms with van der Waals surface area (Å²) in [6, 6.07) is 9.45. The predicted octanol–water partition coefficient (Wildman–Crippen LogP) is 8.38. The molecule has 2 amide bonds. The Morgan fingerprint density at radius 3 is 1.62 bits per heavy atom. The number of anilines is 2. The number of nitrogens with one attached hydrogen (secondary N) is 2. The molecule has 2 aromatic rings. The average molecular weight is 772 g/mol. The number of hydrogen-bond donors (Lipinski definition) is 3. The van der Waals surface area contributed by atoms with Crippen LogP contribution in [0.15, 0.2) is 87.0 Å². The molecule has 0 atom stereocenters. The smallest absolute Gasteiger partial charge is 0.508 e. The van der Waals surface area contributed by atoms with Crippen molar-refractivity contribution in [3.63, 3.8) is 0 Å². The van der Waals surface area contributed by atoms with Crippen LogP contribution in [0.4, 0.5) is 11.4 Å².